The van der Waals surface area contributed by atoms with Crippen molar-refractivity contribution in [1.29, 1.82) is 0 Å². The molecule has 0 bridgehead atoms. The highest BCUT2D eigenvalue weighted by Crippen LogP contribution is 2.28. The molecule has 112 valence electrons. The number of hydrogen-bond donors (Lipinski definition) is 2. The molecule has 2 atom stereocenters. The molecule has 0 aliphatic carbocycles. The van der Waals surface area contributed by atoms with E-state index in [0.717, 1.165) is 0 Å². The maximum Gasteiger partial charge on any atom is 0.245 e. The van der Waals surface area contributed by atoms with E-state index < -0.39 is 10.0 Å². The van der Waals surface area contributed by atoms with Crippen molar-refractivity contribution in [2.45, 2.75) is 17.1 Å². The van der Waals surface area contributed by atoms with Gasteiger partial charge in [-0.2, -0.15) is 4.31 Å². The average Bonchev–Trinajstić information content (AvgIpc) is 2.91. The van der Waals surface area contributed by atoms with Crippen LogP contribution in [0.25, 0.3) is 0 Å². The largest absolute Gasteiger partial charge is 0.377 e. The van der Waals surface area contributed by atoms with Gasteiger partial charge < -0.3 is 14.9 Å². The van der Waals surface area contributed by atoms with Crippen LogP contribution in [0.2, 0.25) is 0 Å². The zero-order valence-corrected chi connectivity index (χ0v) is 12.3. The summed E-state index contributed by atoms with van der Waals surface area (Å²) in [6.07, 6.45) is -0.541. The quantitative estimate of drug-likeness (QED) is 0.587. The van der Waals surface area contributed by atoms with Gasteiger partial charge in [-0.15, -0.1) is 0 Å². The highest BCUT2D eigenvalue weighted by Gasteiger charge is 2.40. The fraction of sp³-hybridized carbons (Fsp3) is 0.500. The molecule has 1 heterocycles. The van der Waals surface area contributed by atoms with E-state index in [9.17, 15) is 8.42 Å². The Bertz CT molecular complexity index is 552. The summed E-state index contributed by atoms with van der Waals surface area (Å²) in [5, 5.41) is 0. The molecule has 1 aromatic carbocycles. The Morgan fingerprint density at radius 1 is 1.20 bits per heavy atom. The lowest BCUT2D eigenvalue weighted by molar-refractivity contribution is -0.00461. The van der Waals surface area contributed by atoms with Crippen LogP contribution in [0.5, 0.6) is 0 Å². The predicted molar refractivity (Wildman–Crippen MR) is 74.6 cm³/mol. The van der Waals surface area contributed by atoms with Crippen LogP contribution in [0.1, 0.15) is 0 Å². The number of hydrogen-bond acceptors (Lipinski definition) is 6. The fourth-order valence-corrected chi connectivity index (χ4v) is 3.93. The highest BCUT2D eigenvalue weighted by molar-refractivity contribution is 7.89. The molecule has 0 saturated carbocycles. The molecule has 1 aromatic rings. The van der Waals surface area contributed by atoms with Gasteiger partial charge in [0.2, 0.25) is 10.0 Å². The molecule has 2 rings (SSSR count). The number of para-hydroxylation sites is 1. The van der Waals surface area contributed by atoms with Crippen LogP contribution in [-0.2, 0) is 19.5 Å². The van der Waals surface area contributed by atoms with Gasteiger partial charge in [0.15, 0.2) is 0 Å². The minimum absolute atomic E-state index is 0.147. The monoisotopic (exact) mass is 301 g/mol. The lowest BCUT2D eigenvalue weighted by Gasteiger charge is -2.18. The van der Waals surface area contributed by atoms with Crippen molar-refractivity contribution in [3.05, 3.63) is 24.3 Å². The molecule has 0 aromatic heterocycles. The Hall–Kier alpha value is -1.19. The summed E-state index contributed by atoms with van der Waals surface area (Å²) in [5.41, 5.74) is 2.77. The Morgan fingerprint density at radius 2 is 1.75 bits per heavy atom. The molecular formula is C12H19N3O4S. The van der Waals surface area contributed by atoms with Crippen molar-refractivity contribution in [1.82, 2.24) is 4.31 Å². The summed E-state index contributed by atoms with van der Waals surface area (Å²) in [6.45, 7) is 0.520. The first-order valence-electron chi connectivity index (χ1n) is 6.16. The topological polar surface area (TPSA) is 93.9 Å². The third kappa shape index (κ3) is 2.65. The number of benzene rings is 1. The highest BCUT2D eigenvalue weighted by atomic mass is 32.2. The maximum atomic E-state index is 12.7. The number of nitrogen functional groups attached to an aromatic ring is 1. The summed E-state index contributed by atoms with van der Waals surface area (Å²) < 4.78 is 37.2. The Balaban J connectivity index is 2.32. The van der Waals surface area contributed by atoms with Gasteiger partial charge in [0, 0.05) is 27.3 Å². The molecule has 1 aliphatic heterocycles. The van der Waals surface area contributed by atoms with Crippen LogP contribution in [0.4, 0.5) is 5.69 Å². The summed E-state index contributed by atoms with van der Waals surface area (Å²) in [4.78, 5) is 0.147. The van der Waals surface area contributed by atoms with E-state index in [1.807, 2.05) is 0 Å². The van der Waals surface area contributed by atoms with Crippen molar-refractivity contribution < 1.29 is 17.9 Å². The van der Waals surface area contributed by atoms with Crippen LogP contribution < -0.4 is 11.3 Å². The lowest BCUT2D eigenvalue weighted by Crippen LogP contribution is -2.31. The van der Waals surface area contributed by atoms with Crippen molar-refractivity contribution in [3.8, 4) is 0 Å². The molecule has 8 heteroatoms. The zero-order chi connectivity index (χ0) is 14.8. The van der Waals surface area contributed by atoms with Crippen molar-refractivity contribution in [2.75, 3.05) is 32.7 Å². The van der Waals surface area contributed by atoms with Gasteiger partial charge >= 0.3 is 0 Å². The first kappa shape index (κ1) is 15.2. The second kappa shape index (κ2) is 6.06. The molecule has 7 nitrogen and oxygen atoms in total. The van der Waals surface area contributed by atoms with E-state index in [2.05, 4.69) is 5.43 Å². The SMILES string of the molecule is COC1CN(S(=O)(=O)c2ccccc2NN)CC1OC. The summed E-state index contributed by atoms with van der Waals surface area (Å²) in [5.74, 6) is 5.37. The maximum absolute atomic E-state index is 12.7. The van der Waals surface area contributed by atoms with E-state index in [4.69, 9.17) is 15.3 Å². The Kier molecular flexibility index (Phi) is 4.61. The molecular weight excluding hydrogens is 282 g/mol. The molecule has 20 heavy (non-hydrogen) atoms. The number of hydrazine groups is 1. The molecule has 1 fully saturated rings. The van der Waals surface area contributed by atoms with E-state index in [1.165, 1.54) is 10.4 Å². The van der Waals surface area contributed by atoms with Crippen LogP contribution in [0.3, 0.4) is 0 Å². The smallest absolute Gasteiger partial charge is 0.245 e. The molecule has 1 aliphatic rings. The van der Waals surface area contributed by atoms with E-state index in [1.54, 1.807) is 32.4 Å². The number of methoxy groups -OCH3 is 2. The standard InChI is InChI=1S/C12H19N3O4S/c1-18-10-7-15(8-11(10)19-2)20(16,17)12-6-4-3-5-9(12)14-13/h3-6,10-11,14H,7-8,13H2,1-2H3. The third-order valence-electron chi connectivity index (χ3n) is 3.45. The van der Waals surface area contributed by atoms with Gasteiger partial charge in [-0.1, -0.05) is 12.1 Å². The van der Waals surface area contributed by atoms with Crippen LogP contribution in [0.15, 0.2) is 29.2 Å². The molecule has 0 spiro atoms. The summed E-state index contributed by atoms with van der Waals surface area (Å²) in [7, 11) is -0.549. The van der Waals surface area contributed by atoms with E-state index in [-0.39, 0.29) is 30.2 Å². The molecule has 0 radical (unpaired) electrons. The Labute approximate surface area is 118 Å². The number of nitrogens with zero attached hydrogens (tertiary/aromatic N) is 1. The minimum atomic E-state index is -3.64. The second-order valence-electron chi connectivity index (χ2n) is 4.51. The van der Waals surface area contributed by atoms with Gasteiger partial charge in [0.25, 0.3) is 0 Å². The Morgan fingerprint density at radius 3 is 2.25 bits per heavy atom. The number of rotatable bonds is 5. The lowest BCUT2D eigenvalue weighted by atomic mass is 10.3. The van der Waals surface area contributed by atoms with Gasteiger partial charge in [0.1, 0.15) is 4.90 Å². The van der Waals surface area contributed by atoms with Gasteiger partial charge in [-0.05, 0) is 12.1 Å². The number of nitrogens with one attached hydrogen (secondary N) is 1. The number of ether oxygens (including phenoxy) is 2. The molecule has 3 N–H and O–H groups in total. The second-order valence-corrected chi connectivity index (χ2v) is 6.42. The summed E-state index contributed by atoms with van der Waals surface area (Å²) >= 11 is 0. The van der Waals surface area contributed by atoms with Crippen LogP contribution >= 0.6 is 0 Å². The van der Waals surface area contributed by atoms with Gasteiger partial charge in [-0.3, -0.25) is 5.84 Å². The number of anilines is 1. The normalized spacial score (nSPS) is 23.9. The molecule has 0 amide bonds. The van der Waals surface area contributed by atoms with E-state index in [0.29, 0.717) is 5.69 Å². The third-order valence-corrected chi connectivity index (χ3v) is 5.34. The van der Waals surface area contributed by atoms with E-state index >= 15 is 0 Å². The van der Waals surface area contributed by atoms with Crippen LogP contribution in [-0.4, -0.2) is 52.2 Å². The van der Waals surface area contributed by atoms with Crippen LogP contribution in [0, 0.1) is 0 Å². The average molecular weight is 301 g/mol. The van der Waals surface area contributed by atoms with Crippen molar-refractivity contribution in [2.24, 2.45) is 5.84 Å². The first-order chi connectivity index (χ1) is 9.54. The fourth-order valence-electron chi connectivity index (χ4n) is 2.31. The van der Waals surface area contributed by atoms with Gasteiger partial charge in [-0.25, -0.2) is 8.42 Å². The first-order valence-corrected chi connectivity index (χ1v) is 7.60. The number of nitrogens with two attached hydrogens (primary N) is 1. The predicted octanol–water partition coefficient (Wildman–Crippen LogP) is 0.00650. The zero-order valence-electron chi connectivity index (χ0n) is 11.4. The number of sulfonamides is 1. The van der Waals surface area contributed by atoms with Crippen molar-refractivity contribution >= 4 is 15.7 Å². The molecule has 2 unspecified atom stereocenters. The van der Waals surface area contributed by atoms with Gasteiger partial charge in [0.05, 0.1) is 17.9 Å². The minimum Gasteiger partial charge on any atom is -0.377 e. The van der Waals surface area contributed by atoms with Crippen molar-refractivity contribution in [3.63, 3.8) is 0 Å². The molecule has 1 saturated heterocycles. The summed E-state index contributed by atoms with van der Waals surface area (Å²) in [6, 6.07) is 6.51.